The fraction of sp³-hybridized carbons (Fsp3) is 0.476. The van der Waals surface area contributed by atoms with Gasteiger partial charge in [-0.2, -0.15) is 0 Å². The van der Waals surface area contributed by atoms with Crippen molar-refractivity contribution >= 4 is 19.4 Å². The van der Waals surface area contributed by atoms with Crippen LogP contribution in [0.4, 0.5) is 4.79 Å². The molecule has 0 aliphatic carbocycles. The lowest BCUT2D eigenvalue weighted by atomic mass is 10.2. The molecular weight excluding hydrogens is 326 g/mol. The lowest BCUT2D eigenvalue weighted by Crippen LogP contribution is -2.48. The van der Waals surface area contributed by atoms with Crippen molar-refractivity contribution in [2.24, 2.45) is 0 Å². The van der Waals surface area contributed by atoms with Crippen molar-refractivity contribution in [1.29, 1.82) is 0 Å². The number of hydrogen-bond donors (Lipinski definition) is 0. The SMILES string of the molecule is CC#CCN(C/C(=C/C)[Si](C)(C)c1ccccc1)C(=O)OC(C)(C)C. The Hall–Kier alpha value is -1.99. The van der Waals surface area contributed by atoms with E-state index in [0.29, 0.717) is 13.1 Å². The standard InChI is InChI=1S/C21H31NO2Si/c1-8-10-16-22(20(23)24-21(3,4)5)17-18(9-2)25(6,7)19-14-12-11-13-15-19/h9,11-15H,16-17H2,1-7H3/b18-9-. The van der Waals surface area contributed by atoms with E-state index in [0.717, 1.165) is 0 Å². The molecule has 0 radical (unpaired) electrons. The molecule has 3 nitrogen and oxygen atoms in total. The molecule has 1 amide bonds. The molecule has 0 saturated carbocycles. The van der Waals surface area contributed by atoms with Gasteiger partial charge in [0.2, 0.25) is 0 Å². The Labute approximate surface area is 154 Å². The molecule has 0 bridgehead atoms. The molecule has 0 aliphatic rings. The number of ether oxygens (including phenoxy) is 1. The second kappa shape index (κ2) is 8.91. The molecule has 0 N–H and O–H groups in total. The maximum absolute atomic E-state index is 12.6. The van der Waals surface area contributed by atoms with Crippen LogP contribution in [0.25, 0.3) is 0 Å². The van der Waals surface area contributed by atoms with E-state index < -0.39 is 13.7 Å². The molecule has 1 aromatic carbocycles. The number of carbonyl (C=O) groups excluding carboxylic acids is 1. The summed E-state index contributed by atoms with van der Waals surface area (Å²) < 4.78 is 5.57. The van der Waals surface area contributed by atoms with Gasteiger partial charge in [0.05, 0.1) is 6.54 Å². The third kappa shape index (κ3) is 6.43. The lowest BCUT2D eigenvalue weighted by Gasteiger charge is -2.32. The normalized spacial score (nSPS) is 12.2. The van der Waals surface area contributed by atoms with E-state index in [4.69, 9.17) is 4.74 Å². The van der Waals surface area contributed by atoms with Crippen LogP contribution in [0, 0.1) is 11.8 Å². The average molecular weight is 358 g/mol. The van der Waals surface area contributed by atoms with Gasteiger partial charge in [-0.05, 0) is 34.6 Å². The van der Waals surface area contributed by atoms with Gasteiger partial charge >= 0.3 is 6.09 Å². The molecule has 0 saturated heterocycles. The van der Waals surface area contributed by atoms with E-state index in [1.807, 2.05) is 33.8 Å². The quantitative estimate of drug-likeness (QED) is 0.579. The Morgan fingerprint density at radius 1 is 1.24 bits per heavy atom. The predicted octanol–water partition coefficient (Wildman–Crippen LogP) is 4.35. The van der Waals surface area contributed by atoms with Crippen LogP contribution in [-0.2, 0) is 4.74 Å². The Morgan fingerprint density at radius 2 is 1.84 bits per heavy atom. The zero-order valence-electron chi connectivity index (χ0n) is 16.6. The smallest absolute Gasteiger partial charge is 0.411 e. The van der Waals surface area contributed by atoms with Gasteiger partial charge in [0.25, 0.3) is 0 Å². The highest BCUT2D eigenvalue weighted by molar-refractivity contribution is 6.95. The highest BCUT2D eigenvalue weighted by Gasteiger charge is 2.31. The highest BCUT2D eigenvalue weighted by Crippen LogP contribution is 2.18. The number of amides is 1. The number of allylic oxidation sites excluding steroid dienone is 1. The minimum Gasteiger partial charge on any atom is -0.444 e. The number of carbonyl (C=O) groups is 1. The number of benzene rings is 1. The van der Waals surface area contributed by atoms with Crippen molar-refractivity contribution < 1.29 is 9.53 Å². The van der Waals surface area contributed by atoms with Gasteiger partial charge in [0, 0.05) is 6.54 Å². The van der Waals surface area contributed by atoms with Crippen molar-refractivity contribution in [1.82, 2.24) is 4.90 Å². The van der Waals surface area contributed by atoms with Gasteiger partial charge in [0.15, 0.2) is 0 Å². The van der Waals surface area contributed by atoms with Gasteiger partial charge in [0.1, 0.15) is 13.7 Å². The van der Waals surface area contributed by atoms with Crippen LogP contribution in [0.1, 0.15) is 34.6 Å². The summed E-state index contributed by atoms with van der Waals surface area (Å²) >= 11 is 0. The van der Waals surface area contributed by atoms with E-state index in [9.17, 15) is 4.79 Å². The van der Waals surface area contributed by atoms with Gasteiger partial charge in [-0.25, -0.2) is 4.79 Å². The second-order valence-corrected chi connectivity index (χ2v) is 12.0. The maximum Gasteiger partial charge on any atom is 0.411 e. The molecule has 0 spiro atoms. The Morgan fingerprint density at radius 3 is 2.32 bits per heavy atom. The van der Waals surface area contributed by atoms with Crippen molar-refractivity contribution in [3.63, 3.8) is 0 Å². The first kappa shape index (κ1) is 21.1. The summed E-state index contributed by atoms with van der Waals surface area (Å²) in [6, 6.07) is 10.5. The monoisotopic (exact) mass is 357 g/mol. The summed E-state index contributed by atoms with van der Waals surface area (Å²) in [5.74, 6) is 5.87. The lowest BCUT2D eigenvalue weighted by molar-refractivity contribution is 0.0293. The molecule has 4 heteroatoms. The summed E-state index contributed by atoms with van der Waals surface area (Å²) in [6.07, 6.45) is 1.84. The number of nitrogens with zero attached hydrogens (tertiary/aromatic N) is 1. The summed E-state index contributed by atoms with van der Waals surface area (Å²) in [6.45, 7) is 15.0. The fourth-order valence-electron chi connectivity index (χ4n) is 2.58. The van der Waals surface area contributed by atoms with Crippen molar-refractivity contribution in [2.75, 3.05) is 13.1 Å². The van der Waals surface area contributed by atoms with Crippen LogP contribution in [0.15, 0.2) is 41.6 Å². The molecule has 0 atom stereocenters. The largest absolute Gasteiger partial charge is 0.444 e. The number of hydrogen-bond acceptors (Lipinski definition) is 2. The maximum atomic E-state index is 12.6. The zero-order valence-corrected chi connectivity index (χ0v) is 17.6. The van der Waals surface area contributed by atoms with Gasteiger partial charge in [-0.15, -0.1) is 5.92 Å². The van der Waals surface area contributed by atoms with Crippen LogP contribution >= 0.6 is 0 Å². The summed E-state index contributed by atoms with van der Waals surface area (Å²) in [5, 5.41) is 2.65. The van der Waals surface area contributed by atoms with Crippen LogP contribution in [0.2, 0.25) is 13.1 Å². The first-order chi connectivity index (χ1) is 11.6. The molecule has 0 fully saturated rings. The molecule has 0 aliphatic heterocycles. The molecule has 0 unspecified atom stereocenters. The van der Waals surface area contributed by atoms with Gasteiger partial charge in [-0.1, -0.05) is 65.8 Å². The minimum atomic E-state index is -1.85. The summed E-state index contributed by atoms with van der Waals surface area (Å²) in [4.78, 5) is 14.3. The Kier molecular flexibility index (Phi) is 7.51. The molecule has 1 aromatic rings. The fourth-order valence-corrected chi connectivity index (χ4v) is 5.29. The minimum absolute atomic E-state index is 0.313. The van der Waals surface area contributed by atoms with Crippen LogP contribution in [0.3, 0.4) is 0 Å². The van der Waals surface area contributed by atoms with Crippen molar-refractivity contribution in [3.8, 4) is 11.8 Å². The highest BCUT2D eigenvalue weighted by atomic mass is 28.3. The van der Waals surface area contributed by atoms with E-state index >= 15 is 0 Å². The van der Waals surface area contributed by atoms with Gasteiger partial charge < -0.3 is 4.74 Å². The second-order valence-electron chi connectivity index (χ2n) is 7.57. The first-order valence-electron chi connectivity index (χ1n) is 8.70. The van der Waals surface area contributed by atoms with Gasteiger partial charge in [-0.3, -0.25) is 4.90 Å². The Balaban J connectivity index is 3.07. The topological polar surface area (TPSA) is 29.5 Å². The number of rotatable bonds is 5. The Bertz CT molecular complexity index is 661. The van der Waals surface area contributed by atoms with Crippen LogP contribution < -0.4 is 5.19 Å². The summed E-state index contributed by atoms with van der Waals surface area (Å²) in [7, 11) is -1.85. The molecule has 0 aromatic heterocycles. The molecule has 0 heterocycles. The van der Waals surface area contributed by atoms with Crippen molar-refractivity contribution in [3.05, 3.63) is 41.6 Å². The van der Waals surface area contributed by atoms with E-state index in [-0.39, 0.29) is 6.09 Å². The molecule has 25 heavy (non-hydrogen) atoms. The van der Waals surface area contributed by atoms with Crippen molar-refractivity contribution in [2.45, 2.75) is 53.3 Å². The first-order valence-corrected chi connectivity index (χ1v) is 11.7. The van der Waals surface area contributed by atoms with E-state index in [2.05, 4.69) is 55.3 Å². The van der Waals surface area contributed by atoms with Crippen LogP contribution in [0.5, 0.6) is 0 Å². The molecule has 136 valence electrons. The van der Waals surface area contributed by atoms with E-state index in [1.165, 1.54) is 10.4 Å². The average Bonchev–Trinajstić information content (AvgIpc) is 2.54. The third-order valence-electron chi connectivity index (χ3n) is 4.11. The predicted molar refractivity (Wildman–Crippen MR) is 109 cm³/mol. The van der Waals surface area contributed by atoms with E-state index in [1.54, 1.807) is 11.8 Å². The summed E-state index contributed by atoms with van der Waals surface area (Å²) in [5.41, 5.74) is -0.516. The third-order valence-corrected chi connectivity index (χ3v) is 7.94. The van der Waals surface area contributed by atoms with Crippen LogP contribution in [-0.4, -0.2) is 37.8 Å². The molecule has 1 rings (SSSR count). The zero-order chi connectivity index (χ0) is 19.1. The molecular formula is C21H31NO2Si.